The summed E-state index contributed by atoms with van der Waals surface area (Å²) in [6.07, 6.45) is -3.71. The summed E-state index contributed by atoms with van der Waals surface area (Å²) in [5.41, 5.74) is -0.773. The van der Waals surface area contributed by atoms with Crippen molar-refractivity contribution < 1.29 is 49.4 Å². The zero-order chi connectivity index (χ0) is 29.7. The SMILES string of the molecule is CC(C)C(OS(=O)(=O)c1ccc([N+](=O)[O-])cc1)C(=O)OC(=O)C(OS(=O)(=O)c1ccc([N+](=O)[O-])cc1)C(C)C. The summed E-state index contributed by atoms with van der Waals surface area (Å²) in [6.45, 7) is 5.54. The van der Waals surface area contributed by atoms with Crippen LogP contribution in [0.3, 0.4) is 0 Å². The Morgan fingerprint density at radius 2 is 0.923 bits per heavy atom. The van der Waals surface area contributed by atoms with Gasteiger partial charge in [-0.15, -0.1) is 0 Å². The van der Waals surface area contributed by atoms with Crippen molar-refractivity contribution in [2.45, 2.75) is 49.7 Å². The third-order valence-corrected chi connectivity index (χ3v) is 7.63. The summed E-state index contributed by atoms with van der Waals surface area (Å²) >= 11 is 0. The number of rotatable bonds is 12. The molecule has 0 spiro atoms. The van der Waals surface area contributed by atoms with Crippen molar-refractivity contribution in [3.63, 3.8) is 0 Å². The largest absolute Gasteiger partial charge is 0.389 e. The maximum Gasteiger partial charge on any atom is 0.344 e. The summed E-state index contributed by atoms with van der Waals surface area (Å²) < 4.78 is 65.2. The first kappa shape index (κ1) is 31.4. The Bertz CT molecular complexity index is 1340. The standard InChI is InChI=1S/C22H24N2O13S2/c1-13(2)19(36-38(31,32)17-9-5-15(6-10-17)23(27)28)21(25)35-22(26)20(14(3)4)37-39(33,34)18-11-7-16(8-12-18)24(29)30/h5-14,19-20H,1-4H3. The summed E-state index contributed by atoms with van der Waals surface area (Å²) in [5.74, 6) is -4.63. The van der Waals surface area contributed by atoms with E-state index in [4.69, 9.17) is 13.1 Å². The highest BCUT2D eigenvalue weighted by Crippen LogP contribution is 2.24. The fourth-order valence-corrected chi connectivity index (χ4v) is 5.22. The Hall–Kier alpha value is -3.80. The van der Waals surface area contributed by atoms with Crippen molar-refractivity contribution in [3.8, 4) is 0 Å². The first-order valence-corrected chi connectivity index (χ1v) is 13.9. The molecule has 0 bridgehead atoms. The molecular formula is C22H24N2O13S2. The van der Waals surface area contributed by atoms with E-state index >= 15 is 0 Å². The second-order valence-electron chi connectivity index (χ2n) is 8.67. The fraction of sp³-hybridized carbons (Fsp3) is 0.364. The van der Waals surface area contributed by atoms with E-state index in [1.54, 1.807) is 0 Å². The van der Waals surface area contributed by atoms with Crippen molar-refractivity contribution in [2.75, 3.05) is 0 Å². The molecule has 0 saturated heterocycles. The van der Waals surface area contributed by atoms with Gasteiger partial charge in [0.25, 0.3) is 31.6 Å². The minimum Gasteiger partial charge on any atom is -0.389 e. The van der Waals surface area contributed by atoms with Crippen LogP contribution in [0.2, 0.25) is 0 Å². The minimum atomic E-state index is -4.65. The molecule has 212 valence electrons. The van der Waals surface area contributed by atoms with Gasteiger partial charge in [-0.25, -0.2) is 9.59 Å². The molecule has 2 atom stereocenters. The average molecular weight is 589 g/mol. The Kier molecular flexibility index (Phi) is 9.97. The van der Waals surface area contributed by atoms with Gasteiger partial charge in [0.15, 0.2) is 12.2 Å². The van der Waals surface area contributed by atoms with Crippen LogP contribution in [0.5, 0.6) is 0 Å². The molecule has 0 aliphatic rings. The molecule has 15 nitrogen and oxygen atoms in total. The molecular weight excluding hydrogens is 564 g/mol. The van der Waals surface area contributed by atoms with Crippen LogP contribution < -0.4 is 0 Å². The number of nitrogens with zero attached hydrogens (tertiary/aromatic N) is 2. The van der Waals surface area contributed by atoms with Gasteiger partial charge < -0.3 is 4.74 Å². The zero-order valence-electron chi connectivity index (χ0n) is 20.9. The van der Waals surface area contributed by atoms with Crippen LogP contribution in [-0.2, 0) is 42.9 Å². The molecule has 2 unspecified atom stereocenters. The highest BCUT2D eigenvalue weighted by molar-refractivity contribution is 7.87. The number of nitro groups is 2. The normalized spacial score (nSPS) is 13.6. The summed E-state index contributed by atoms with van der Waals surface area (Å²) in [4.78, 5) is 44.5. The van der Waals surface area contributed by atoms with Gasteiger partial charge in [0.1, 0.15) is 0 Å². The number of non-ortho nitro benzene ring substituents is 2. The molecule has 39 heavy (non-hydrogen) atoms. The lowest BCUT2D eigenvalue weighted by molar-refractivity contribution is -0.385. The van der Waals surface area contributed by atoms with Crippen molar-refractivity contribution in [3.05, 3.63) is 68.8 Å². The molecule has 0 aliphatic carbocycles. The minimum absolute atomic E-state index is 0.386. The van der Waals surface area contributed by atoms with Gasteiger partial charge in [-0.3, -0.25) is 28.6 Å². The van der Waals surface area contributed by atoms with Crippen molar-refractivity contribution in [1.29, 1.82) is 0 Å². The van der Waals surface area contributed by atoms with Gasteiger partial charge >= 0.3 is 11.9 Å². The smallest absolute Gasteiger partial charge is 0.344 e. The monoisotopic (exact) mass is 588 g/mol. The Morgan fingerprint density at radius 1 is 0.641 bits per heavy atom. The molecule has 0 fully saturated rings. The number of ether oxygens (including phenoxy) is 1. The van der Waals surface area contributed by atoms with Crippen LogP contribution in [0.4, 0.5) is 11.4 Å². The second kappa shape index (κ2) is 12.4. The third kappa shape index (κ3) is 8.09. The van der Waals surface area contributed by atoms with E-state index in [0.717, 1.165) is 48.5 Å². The van der Waals surface area contributed by atoms with E-state index in [1.165, 1.54) is 27.7 Å². The quantitative estimate of drug-likeness (QED) is 0.115. The molecule has 0 heterocycles. The van der Waals surface area contributed by atoms with Gasteiger partial charge in [-0.05, 0) is 36.1 Å². The van der Waals surface area contributed by atoms with Crippen LogP contribution in [0.1, 0.15) is 27.7 Å². The van der Waals surface area contributed by atoms with Crippen LogP contribution in [0.25, 0.3) is 0 Å². The maximum absolute atomic E-state index is 12.7. The predicted molar refractivity (Wildman–Crippen MR) is 131 cm³/mol. The lowest BCUT2D eigenvalue weighted by Gasteiger charge is -2.22. The van der Waals surface area contributed by atoms with E-state index in [9.17, 15) is 46.7 Å². The highest BCUT2D eigenvalue weighted by Gasteiger charge is 2.37. The van der Waals surface area contributed by atoms with E-state index in [0.29, 0.717) is 0 Å². The van der Waals surface area contributed by atoms with Gasteiger partial charge in [0.05, 0.1) is 19.6 Å². The van der Waals surface area contributed by atoms with Gasteiger partial charge in [0, 0.05) is 24.3 Å². The van der Waals surface area contributed by atoms with Crippen LogP contribution >= 0.6 is 0 Å². The highest BCUT2D eigenvalue weighted by atomic mass is 32.2. The number of hydrogen-bond donors (Lipinski definition) is 0. The number of nitro benzene ring substituents is 2. The summed E-state index contributed by atoms with van der Waals surface area (Å²) in [6, 6.07) is 7.24. The molecule has 0 aliphatic heterocycles. The Morgan fingerprint density at radius 3 is 1.15 bits per heavy atom. The molecule has 2 aromatic rings. The molecule has 0 N–H and O–H groups in total. The number of esters is 2. The molecule has 0 radical (unpaired) electrons. The van der Waals surface area contributed by atoms with Crippen molar-refractivity contribution in [2.24, 2.45) is 11.8 Å². The van der Waals surface area contributed by atoms with Crippen LogP contribution in [-0.4, -0.2) is 50.8 Å². The van der Waals surface area contributed by atoms with Crippen molar-refractivity contribution >= 4 is 43.5 Å². The zero-order valence-corrected chi connectivity index (χ0v) is 22.6. The van der Waals surface area contributed by atoms with E-state index in [1.807, 2.05) is 0 Å². The predicted octanol–water partition coefficient (Wildman–Crippen LogP) is 2.73. The number of carbonyl (C=O) groups is 2. The lowest BCUT2D eigenvalue weighted by Crippen LogP contribution is -2.40. The maximum atomic E-state index is 12.7. The lowest BCUT2D eigenvalue weighted by atomic mass is 10.1. The van der Waals surface area contributed by atoms with Crippen LogP contribution in [0.15, 0.2) is 58.3 Å². The van der Waals surface area contributed by atoms with Gasteiger partial charge in [-0.1, -0.05) is 27.7 Å². The van der Waals surface area contributed by atoms with E-state index in [2.05, 4.69) is 0 Å². The Labute approximate surface area is 223 Å². The Balaban J connectivity index is 2.22. The fourth-order valence-electron chi connectivity index (χ4n) is 2.91. The van der Waals surface area contributed by atoms with E-state index < -0.39 is 75.9 Å². The first-order valence-electron chi connectivity index (χ1n) is 11.1. The second-order valence-corrected chi connectivity index (χ2v) is 11.8. The first-order chi connectivity index (χ1) is 18.0. The number of benzene rings is 2. The van der Waals surface area contributed by atoms with Crippen molar-refractivity contribution in [1.82, 2.24) is 0 Å². The molecule has 0 saturated carbocycles. The number of hydrogen-bond acceptors (Lipinski definition) is 13. The molecule has 2 aromatic carbocycles. The van der Waals surface area contributed by atoms with Crippen LogP contribution in [0, 0.1) is 32.1 Å². The molecule has 17 heteroatoms. The summed E-state index contributed by atoms with van der Waals surface area (Å²) in [7, 11) is -9.30. The average Bonchev–Trinajstić information content (AvgIpc) is 2.85. The molecule has 0 amide bonds. The van der Waals surface area contributed by atoms with Gasteiger partial charge in [0.2, 0.25) is 0 Å². The summed E-state index contributed by atoms with van der Waals surface area (Å²) in [5, 5.41) is 21.6. The van der Waals surface area contributed by atoms with Gasteiger partial charge in [-0.2, -0.15) is 16.8 Å². The topological polar surface area (TPSA) is 216 Å². The number of carbonyl (C=O) groups excluding carboxylic acids is 2. The molecule has 0 aromatic heterocycles. The van der Waals surface area contributed by atoms with E-state index in [-0.39, 0.29) is 11.4 Å². The molecule has 2 rings (SSSR count). The third-order valence-electron chi connectivity index (χ3n) is 5.01.